The summed E-state index contributed by atoms with van der Waals surface area (Å²) in [6.45, 7) is 10.7. The molecule has 1 fully saturated rings. The van der Waals surface area contributed by atoms with Crippen LogP contribution in [0.25, 0.3) is 0 Å². The quantitative estimate of drug-likeness (QED) is 0.819. The predicted molar refractivity (Wildman–Crippen MR) is 96.6 cm³/mol. The summed E-state index contributed by atoms with van der Waals surface area (Å²) in [7, 11) is 0. The zero-order valence-corrected chi connectivity index (χ0v) is 16.1. The van der Waals surface area contributed by atoms with Gasteiger partial charge >= 0.3 is 5.97 Å². The Hall–Kier alpha value is -1.36. The lowest BCUT2D eigenvalue weighted by atomic mass is 9.95. The van der Waals surface area contributed by atoms with Gasteiger partial charge in [-0.05, 0) is 49.0 Å². The van der Waals surface area contributed by atoms with Gasteiger partial charge in [0, 0.05) is 10.8 Å². The molecule has 24 heavy (non-hydrogen) atoms. The number of carbonyl (C=O) groups excluding carboxylic acids is 2. The monoisotopic (exact) mass is 349 g/mol. The fraction of sp³-hybridized carbons (Fsp3) is 0.684. The highest BCUT2D eigenvalue weighted by molar-refractivity contribution is 7.17. The fourth-order valence-corrected chi connectivity index (χ4v) is 5.39. The van der Waals surface area contributed by atoms with Gasteiger partial charge in [-0.2, -0.15) is 0 Å². The summed E-state index contributed by atoms with van der Waals surface area (Å²) in [5, 5.41) is 3.74. The normalized spacial score (nSPS) is 21.0. The second kappa shape index (κ2) is 5.87. The van der Waals surface area contributed by atoms with Crippen molar-refractivity contribution < 1.29 is 14.3 Å². The highest BCUT2D eigenvalue weighted by Gasteiger charge is 2.68. The second-order valence-electron chi connectivity index (χ2n) is 8.00. The van der Waals surface area contributed by atoms with Gasteiger partial charge in [0.05, 0.1) is 12.2 Å². The number of fused-ring (bicyclic) bond motifs is 1. The maximum atomic E-state index is 12.8. The molecular formula is C19H27NO3S. The van der Waals surface area contributed by atoms with E-state index in [4.69, 9.17) is 4.74 Å². The second-order valence-corrected chi connectivity index (χ2v) is 9.11. The van der Waals surface area contributed by atoms with Crippen LogP contribution < -0.4 is 5.32 Å². The van der Waals surface area contributed by atoms with E-state index in [1.54, 1.807) is 11.3 Å². The Morgan fingerprint density at radius 3 is 2.38 bits per heavy atom. The van der Waals surface area contributed by atoms with Crippen LogP contribution in [-0.4, -0.2) is 18.5 Å². The number of ether oxygens (including phenoxy) is 1. The minimum absolute atomic E-state index is 0.0158. The zero-order chi connectivity index (χ0) is 17.7. The third kappa shape index (κ3) is 2.57. The number of hydrogen-bond donors (Lipinski definition) is 1. The van der Waals surface area contributed by atoms with Gasteiger partial charge in [-0.3, -0.25) is 4.79 Å². The van der Waals surface area contributed by atoms with E-state index in [0.717, 1.165) is 31.2 Å². The molecule has 0 spiro atoms. The molecule has 0 aromatic carbocycles. The van der Waals surface area contributed by atoms with Crippen molar-refractivity contribution in [3.05, 3.63) is 16.0 Å². The Labute approximate surface area is 148 Å². The summed E-state index contributed by atoms with van der Waals surface area (Å²) in [6, 6.07) is 0. The summed E-state index contributed by atoms with van der Waals surface area (Å²) in [5.41, 5.74) is 1.66. The van der Waals surface area contributed by atoms with Crippen LogP contribution >= 0.6 is 11.3 Å². The molecule has 2 aliphatic rings. The van der Waals surface area contributed by atoms with Crippen molar-refractivity contribution in [3.8, 4) is 0 Å². The molecule has 0 unspecified atom stereocenters. The van der Waals surface area contributed by atoms with E-state index in [9.17, 15) is 9.59 Å². The molecule has 0 bridgehead atoms. The lowest BCUT2D eigenvalue weighted by Gasteiger charge is -2.12. The van der Waals surface area contributed by atoms with Crippen LogP contribution in [0.2, 0.25) is 0 Å². The third-order valence-corrected chi connectivity index (χ3v) is 7.38. The highest BCUT2D eigenvalue weighted by Crippen LogP contribution is 2.68. The standard InChI is InChI=1S/C19H27NO3S/c1-6-23-17(22)13-11-9-7-8-10-12(11)24-16(13)20-15(21)14-18(2,3)19(14,4)5/h14H,6-10H2,1-5H3,(H,20,21). The van der Waals surface area contributed by atoms with Crippen LogP contribution in [0, 0.1) is 16.7 Å². The number of hydrogen-bond acceptors (Lipinski definition) is 4. The molecule has 4 nitrogen and oxygen atoms in total. The van der Waals surface area contributed by atoms with Gasteiger partial charge in [0.1, 0.15) is 5.00 Å². The van der Waals surface area contributed by atoms with E-state index in [2.05, 4.69) is 33.0 Å². The largest absolute Gasteiger partial charge is 0.462 e. The Kier molecular flexibility index (Phi) is 4.27. The van der Waals surface area contributed by atoms with Gasteiger partial charge in [0.15, 0.2) is 0 Å². The van der Waals surface area contributed by atoms with Gasteiger partial charge in [0.25, 0.3) is 0 Å². The van der Waals surface area contributed by atoms with Gasteiger partial charge in [-0.1, -0.05) is 27.7 Å². The van der Waals surface area contributed by atoms with Crippen molar-refractivity contribution in [2.45, 2.75) is 60.3 Å². The van der Waals surface area contributed by atoms with E-state index in [1.807, 2.05) is 6.92 Å². The maximum absolute atomic E-state index is 12.8. The number of rotatable bonds is 4. The Balaban J connectivity index is 1.89. The van der Waals surface area contributed by atoms with E-state index < -0.39 is 0 Å². The summed E-state index contributed by atoms with van der Waals surface area (Å²) in [6.07, 6.45) is 4.12. The summed E-state index contributed by atoms with van der Waals surface area (Å²) < 4.78 is 5.25. The molecule has 1 aromatic rings. The molecule has 1 saturated carbocycles. The number of anilines is 1. The van der Waals surface area contributed by atoms with Crippen molar-refractivity contribution in [1.82, 2.24) is 0 Å². The molecule has 132 valence electrons. The lowest BCUT2D eigenvalue weighted by Crippen LogP contribution is -2.19. The minimum atomic E-state index is -0.304. The molecule has 0 atom stereocenters. The van der Waals surface area contributed by atoms with Crippen LogP contribution in [0.5, 0.6) is 0 Å². The first kappa shape index (κ1) is 17.5. The zero-order valence-electron chi connectivity index (χ0n) is 15.2. The first-order valence-corrected chi connectivity index (χ1v) is 9.66. The summed E-state index contributed by atoms with van der Waals surface area (Å²) in [4.78, 5) is 26.5. The van der Waals surface area contributed by atoms with Crippen LogP contribution in [-0.2, 0) is 22.4 Å². The topological polar surface area (TPSA) is 55.4 Å². The molecule has 0 saturated heterocycles. The van der Waals surface area contributed by atoms with Gasteiger partial charge in [-0.15, -0.1) is 11.3 Å². The first-order valence-electron chi connectivity index (χ1n) is 8.84. The van der Waals surface area contributed by atoms with E-state index in [1.165, 1.54) is 4.88 Å². The molecule has 2 aliphatic carbocycles. The van der Waals surface area contributed by atoms with Crippen LogP contribution in [0.15, 0.2) is 0 Å². The number of amides is 1. The van der Waals surface area contributed by atoms with Crippen molar-refractivity contribution in [2.75, 3.05) is 11.9 Å². The molecule has 1 aromatic heterocycles. The average Bonchev–Trinajstić information content (AvgIpc) is 2.78. The molecule has 3 rings (SSSR count). The van der Waals surface area contributed by atoms with E-state index in [0.29, 0.717) is 17.2 Å². The van der Waals surface area contributed by atoms with E-state index in [-0.39, 0.29) is 28.6 Å². The van der Waals surface area contributed by atoms with Crippen LogP contribution in [0.4, 0.5) is 5.00 Å². The van der Waals surface area contributed by atoms with Gasteiger partial charge in [-0.25, -0.2) is 4.79 Å². The van der Waals surface area contributed by atoms with E-state index >= 15 is 0 Å². The number of esters is 1. The number of thiophene rings is 1. The van der Waals surface area contributed by atoms with Crippen LogP contribution in [0.3, 0.4) is 0 Å². The fourth-order valence-electron chi connectivity index (χ4n) is 4.11. The Bertz CT molecular complexity index is 673. The van der Waals surface area contributed by atoms with Crippen molar-refractivity contribution in [3.63, 3.8) is 0 Å². The summed E-state index contributed by atoms with van der Waals surface area (Å²) in [5.74, 6) is -0.310. The maximum Gasteiger partial charge on any atom is 0.341 e. The highest BCUT2D eigenvalue weighted by atomic mass is 32.1. The molecule has 0 aliphatic heterocycles. The Morgan fingerprint density at radius 2 is 1.79 bits per heavy atom. The van der Waals surface area contributed by atoms with Crippen molar-refractivity contribution >= 4 is 28.2 Å². The molecule has 1 amide bonds. The van der Waals surface area contributed by atoms with Gasteiger partial charge in [0.2, 0.25) is 5.91 Å². The number of carbonyl (C=O) groups is 2. The van der Waals surface area contributed by atoms with Crippen molar-refractivity contribution in [2.24, 2.45) is 16.7 Å². The van der Waals surface area contributed by atoms with Crippen LogP contribution in [0.1, 0.15) is 68.3 Å². The minimum Gasteiger partial charge on any atom is -0.462 e. The number of nitrogens with one attached hydrogen (secondary N) is 1. The molecule has 5 heteroatoms. The summed E-state index contributed by atoms with van der Waals surface area (Å²) >= 11 is 1.56. The van der Waals surface area contributed by atoms with Crippen molar-refractivity contribution in [1.29, 1.82) is 0 Å². The smallest absolute Gasteiger partial charge is 0.341 e. The molecule has 0 radical (unpaired) electrons. The number of aryl methyl sites for hydroxylation is 1. The SMILES string of the molecule is CCOC(=O)c1c(NC(=O)C2C(C)(C)C2(C)C)sc2c1CCCC2. The Morgan fingerprint density at radius 1 is 1.17 bits per heavy atom. The van der Waals surface area contributed by atoms with Gasteiger partial charge < -0.3 is 10.1 Å². The predicted octanol–water partition coefficient (Wildman–Crippen LogP) is 4.42. The average molecular weight is 349 g/mol. The first-order chi connectivity index (χ1) is 11.2. The lowest BCUT2D eigenvalue weighted by molar-refractivity contribution is -0.118. The third-order valence-electron chi connectivity index (χ3n) is 6.17. The molecular weight excluding hydrogens is 322 g/mol. The molecule has 1 N–H and O–H groups in total. The molecule has 1 heterocycles.